The maximum absolute atomic E-state index is 13.4. The molecule has 1 saturated heterocycles. The molecule has 0 unspecified atom stereocenters. The van der Waals surface area contributed by atoms with Gasteiger partial charge in [-0.3, -0.25) is 9.78 Å². The maximum Gasteiger partial charge on any atom is 0.253 e. The molecule has 0 spiro atoms. The number of ether oxygens (including phenoxy) is 2. The summed E-state index contributed by atoms with van der Waals surface area (Å²) in [6.45, 7) is 1.96. The zero-order valence-corrected chi connectivity index (χ0v) is 19.6. The van der Waals surface area contributed by atoms with Gasteiger partial charge in [0.15, 0.2) is 0 Å². The highest BCUT2D eigenvalue weighted by atomic mass is 16.5. The van der Waals surface area contributed by atoms with Gasteiger partial charge in [0.05, 0.1) is 13.4 Å². The average Bonchev–Trinajstić information content (AvgIpc) is 3.42. The van der Waals surface area contributed by atoms with Crippen molar-refractivity contribution in [1.82, 2.24) is 24.4 Å². The number of imidazole rings is 1. The Hall–Kier alpha value is -4.20. The molecule has 8 heteroatoms. The van der Waals surface area contributed by atoms with Gasteiger partial charge >= 0.3 is 0 Å². The molecule has 35 heavy (non-hydrogen) atoms. The highest BCUT2D eigenvalue weighted by Crippen LogP contribution is 2.33. The number of piperidine rings is 1. The van der Waals surface area contributed by atoms with Gasteiger partial charge in [0.25, 0.3) is 5.91 Å². The summed E-state index contributed by atoms with van der Waals surface area (Å²) in [4.78, 5) is 28.4. The molecule has 4 aromatic rings. The minimum absolute atomic E-state index is 0.0290. The van der Waals surface area contributed by atoms with Crippen LogP contribution in [0.1, 0.15) is 40.4 Å². The van der Waals surface area contributed by atoms with Crippen LogP contribution in [0.5, 0.6) is 17.4 Å². The molecular formula is C27H27N5O3. The number of carbonyl (C=O) groups is 1. The van der Waals surface area contributed by atoms with Crippen molar-refractivity contribution in [3.63, 3.8) is 0 Å². The first-order valence-electron chi connectivity index (χ1n) is 11.7. The number of rotatable bonds is 7. The van der Waals surface area contributed by atoms with Gasteiger partial charge in [-0.25, -0.2) is 9.97 Å². The molecule has 1 aliphatic rings. The summed E-state index contributed by atoms with van der Waals surface area (Å²) in [7, 11) is 1.62. The number of hydrogen-bond acceptors (Lipinski definition) is 6. The number of likely N-dealkylation sites (tertiary alicyclic amines) is 1. The van der Waals surface area contributed by atoms with E-state index in [1.54, 1.807) is 32.0 Å². The number of aromatic nitrogens is 4. The number of benzene rings is 2. The van der Waals surface area contributed by atoms with Gasteiger partial charge in [0, 0.05) is 62.0 Å². The van der Waals surface area contributed by atoms with E-state index in [2.05, 4.69) is 15.0 Å². The third-order valence-electron chi connectivity index (χ3n) is 6.14. The molecule has 2 aromatic carbocycles. The number of amides is 1. The summed E-state index contributed by atoms with van der Waals surface area (Å²) < 4.78 is 13.4. The molecule has 2 aromatic heterocycles. The molecule has 0 radical (unpaired) electrons. The van der Waals surface area contributed by atoms with Crippen LogP contribution >= 0.6 is 0 Å². The molecule has 0 bridgehead atoms. The third kappa shape index (κ3) is 5.32. The van der Waals surface area contributed by atoms with E-state index in [1.807, 2.05) is 64.2 Å². The van der Waals surface area contributed by atoms with Gasteiger partial charge in [0.2, 0.25) is 5.88 Å². The van der Waals surface area contributed by atoms with E-state index in [9.17, 15) is 4.79 Å². The second-order valence-electron chi connectivity index (χ2n) is 8.55. The minimum Gasteiger partial charge on any atom is -0.497 e. The Bertz CT molecular complexity index is 1290. The van der Waals surface area contributed by atoms with Gasteiger partial charge in [0.1, 0.15) is 17.2 Å². The predicted molar refractivity (Wildman–Crippen MR) is 131 cm³/mol. The van der Waals surface area contributed by atoms with Crippen molar-refractivity contribution in [1.29, 1.82) is 0 Å². The second-order valence-corrected chi connectivity index (χ2v) is 8.55. The zero-order valence-electron chi connectivity index (χ0n) is 19.6. The number of nitrogens with zero attached hydrogens (tertiary/aromatic N) is 5. The Kier molecular flexibility index (Phi) is 6.70. The fourth-order valence-corrected chi connectivity index (χ4v) is 4.43. The van der Waals surface area contributed by atoms with Crippen molar-refractivity contribution < 1.29 is 14.3 Å². The van der Waals surface area contributed by atoms with Crippen LogP contribution in [0, 0.1) is 0 Å². The van der Waals surface area contributed by atoms with Crippen LogP contribution in [-0.2, 0) is 6.54 Å². The molecule has 1 fully saturated rings. The van der Waals surface area contributed by atoms with Crippen LogP contribution in [-0.4, -0.2) is 50.5 Å². The van der Waals surface area contributed by atoms with Crippen molar-refractivity contribution in [2.75, 3.05) is 20.2 Å². The van der Waals surface area contributed by atoms with Gasteiger partial charge in [-0.1, -0.05) is 18.2 Å². The van der Waals surface area contributed by atoms with Crippen LogP contribution in [0.2, 0.25) is 0 Å². The Labute approximate surface area is 204 Å². The van der Waals surface area contributed by atoms with E-state index in [-0.39, 0.29) is 11.8 Å². The molecular weight excluding hydrogens is 442 g/mol. The van der Waals surface area contributed by atoms with Crippen LogP contribution in [0.4, 0.5) is 0 Å². The topological polar surface area (TPSA) is 82.4 Å². The molecule has 5 rings (SSSR count). The van der Waals surface area contributed by atoms with E-state index in [0.717, 1.165) is 24.1 Å². The molecule has 0 saturated carbocycles. The van der Waals surface area contributed by atoms with E-state index < -0.39 is 0 Å². The van der Waals surface area contributed by atoms with Crippen LogP contribution in [0.3, 0.4) is 0 Å². The van der Waals surface area contributed by atoms with Crippen molar-refractivity contribution >= 4 is 5.91 Å². The lowest BCUT2D eigenvalue weighted by molar-refractivity contribution is 0.0704. The van der Waals surface area contributed by atoms with Crippen molar-refractivity contribution in [2.45, 2.75) is 25.3 Å². The van der Waals surface area contributed by atoms with Crippen molar-refractivity contribution in [3.8, 4) is 17.4 Å². The molecule has 1 amide bonds. The number of methoxy groups -OCH3 is 1. The summed E-state index contributed by atoms with van der Waals surface area (Å²) in [6.07, 6.45) is 10.5. The van der Waals surface area contributed by atoms with Crippen molar-refractivity contribution in [3.05, 3.63) is 96.5 Å². The first-order chi connectivity index (χ1) is 17.2. The quantitative estimate of drug-likeness (QED) is 0.395. The minimum atomic E-state index is 0.0290. The summed E-state index contributed by atoms with van der Waals surface area (Å²) in [6, 6.07) is 15.2. The first-order valence-corrected chi connectivity index (χ1v) is 11.7. The highest BCUT2D eigenvalue weighted by Gasteiger charge is 2.29. The van der Waals surface area contributed by atoms with Crippen LogP contribution in [0.25, 0.3) is 0 Å². The Morgan fingerprint density at radius 1 is 1.06 bits per heavy atom. The fourth-order valence-electron chi connectivity index (χ4n) is 4.43. The summed E-state index contributed by atoms with van der Waals surface area (Å²) in [5.41, 5.74) is 2.52. The molecule has 0 aliphatic carbocycles. The number of carbonyl (C=O) groups excluding carboxylic acids is 1. The second kappa shape index (κ2) is 10.4. The van der Waals surface area contributed by atoms with E-state index in [4.69, 9.17) is 9.47 Å². The Morgan fingerprint density at radius 2 is 1.91 bits per heavy atom. The monoisotopic (exact) mass is 469 g/mol. The van der Waals surface area contributed by atoms with Gasteiger partial charge < -0.3 is 18.9 Å². The van der Waals surface area contributed by atoms with Crippen LogP contribution < -0.4 is 9.47 Å². The normalized spacial score (nSPS) is 15.6. The average molecular weight is 470 g/mol. The van der Waals surface area contributed by atoms with E-state index in [1.165, 1.54) is 0 Å². The zero-order chi connectivity index (χ0) is 24.0. The Balaban J connectivity index is 1.32. The molecule has 3 heterocycles. The van der Waals surface area contributed by atoms with E-state index in [0.29, 0.717) is 42.6 Å². The molecule has 0 N–H and O–H groups in total. The molecule has 1 atom stereocenters. The molecule has 1 aliphatic heterocycles. The molecule has 178 valence electrons. The summed E-state index contributed by atoms with van der Waals surface area (Å²) in [5, 5.41) is 0. The smallest absolute Gasteiger partial charge is 0.253 e. The third-order valence-corrected chi connectivity index (χ3v) is 6.14. The van der Waals surface area contributed by atoms with Gasteiger partial charge in [-0.05, 0) is 42.7 Å². The van der Waals surface area contributed by atoms with Crippen molar-refractivity contribution in [2.24, 2.45) is 0 Å². The highest BCUT2D eigenvalue weighted by molar-refractivity contribution is 5.94. The lowest BCUT2D eigenvalue weighted by Gasteiger charge is -2.33. The molecule has 8 nitrogen and oxygen atoms in total. The Morgan fingerprint density at radius 3 is 2.77 bits per heavy atom. The lowest BCUT2D eigenvalue weighted by Crippen LogP contribution is -2.39. The number of hydrogen-bond donors (Lipinski definition) is 0. The summed E-state index contributed by atoms with van der Waals surface area (Å²) >= 11 is 0. The standard InChI is InChI=1S/C27H27N5O3/c1-34-23-8-3-9-24(16-23)35-26-25(29-10-11-30-26)22-7-4-13-32(18-22)27(33)21-6-2-5-20(15-21)17-31-14-12-28-19-31/h2-3,5-6,8-12,14-16,19,22H,4,7,13,17-18H2,1H3/t22-/m1/s1. The predicted octanol–water partition coefficient (Wildman–Crippen LogP) is 4.54. The summed E-state index contributed by atoms with van der Waals surface area (Å²) in [5.74, 6) is 1.86. The first kappa shape index (κ1) is 22.6. The van der Waals surface area contributed by atoms with Crippen LogP contribution in [0.15, 0.2) is 79.6 Å². The largest absolute Gasteiger partial charge is 0.497 e. The maximum atomic E-state index is 13.4. The van der Waals surface area contributed by atoms with Gasteiger partial charge in [-0.2, -0.15) is 0 Å². The SMILES string of the molecule is COc1cccc(Oc2nccnc2[C@@H]2CCCN(C(=O)c3cccc(Cn4ccnc4)c3)C2)c1. The lowest BCUT2D eigenvalue weighted by atomic mass is 9.94. The van der Waals surface area contributed by atoms with E-state index >= 15 is 0 Å². The fraction of sp³-hybridized carbons (Fsp3) is 0.259. The van der Waals surface area contributed by atoms with Gasteiger partial charge in [-0.15, -0.1) is 0 Å².